The van der Waals surface area contributed by atoms with Crippen molar-refractivity contribution in [1.29, 1.82) is 0 Å². The number of nitrogens with one attached hydrogen (secondary N) is 2. The molecule has 0 amide bonds. The Balaban J connectivity index is 0.000000162. The van der Waals surface area contributed by atoms with Crippen LogP contribution in [0.1, 0.15) is 11.1 Å². The fourth-order valence-corrected chi connectivity index (χ4v) is 9.53. The van der Waals surface area contributed by atoms with E-state index in [9.17, 15) is 8.78 Å². The average molecular weight is 983 g/mol. The van der Waals surface area contributed by atoms with Gasteiger partial charge in [-0.3, -0.25) is 4.98 Å². The number of ether oxygens (including phenoxy) is 2. The molecule has 3 aromatic heterocycles. The fraction of sp³-hybridized carbons (Fsp3) is 0.175. The molecule has 346 valence electrons. The monoisotopic (exact) mass is 981 g/mol. The second kappa shape index (κ2) is 20.5. The second-order valence-corrected chi connectivity index (χ2v) is 17.9. The lowest BCUT2D eigenvalue weighted by Crippen LogP contribution is -2.36. The quantitative estimate of drug-likeness (QED) is 0.147. The molecular weight excluding hydrogens is 933 g/mol. The van der Waals surface area contributed by atoms with Crippen LogP contribution in [0.5, 0.6) is 0 Å². The molecule has 0 aliphatic carbocycles. The summed E-state index contributed by atoms with van der Waals surface area (Å²) in [6.07, 6.45) is 3.61. The maximum absolute atomic E-state index is 14.9. The number of fused-ring (bicyclic) bond motifs is 2. The number of aromatic nitrogens is 3. The molecule has 0 unspecified atom stereocenters. The zero-order chi connectivity index (χ0) is 47.3. The van der Waals surface area contributed by atoms with Crippen LogP contribution in [0.2, 0.25) is 0 Å². The minimum absolute atomic E-state index is 0.277. The summed E-state index contributed by atoms with van der Waals surface area (Å²) in [7, 11) is 0. The molecule has 69 heavy (non-hydrogen) atoms. The molecule has 12 heteroatoms. The maximum Gasteiger partial charge on any atom is 0.132 e. The van der Waals surface area contributed by atoms with Gasteiger partial charge >= 0.3 is 0 Å². The first-order chi connectivity index (χ1) is 33.8. The van der Waals surface area contributed by atoms with Gasteiger partial charge in [-0.1, -0.05) is 82.7 Å². The van der Waals surface area contributed by atoms with Gasteiger partial charge in [0.25, 0.3) is 0 Å². The van der Waals surface area contributed by atoms with Crippen molar-refractivity contribution in [3.8, 4) is 33.6 Å². The second-order valence-electron chi connectivity index (χ2n) is 17.0. The minimum Gasteiger partial charge on any atom is -0.378 e. The highest BCUT2D eigenvalue weighted by Crippen LogP contribution is 2.42. The van der Waals surface area contributed by atoms with Gasteiger partial charge in [0, 0.05) is 64.9 Å². The van der Waals surface area contributed by atoms with Gasteiger partial charge in [0.15, 0.2) is 0 Å². The Hall–Kier alpha value is -7.25. The van der Waals surface area contributed by atoms with E-state index >= 15 is 0 Å². The number of pyridine rings is 3. The number of hydrogen-bond donors (Lipinski definition) is 2. The molecule has 9 nitrogen and oxygen atoms in total. The first-order valence-electron chi connectivity index (χ1n) is 23.1. The molecule has 9 aromatic rings. The van der Waals surface area contributed by atoms with E-state index in [0.29, 0.717) is 48.9 Å². The predicted octanol–water partition coefficient (Wildman–Crippen LogP) is 13.7. The minimum atomic E-state index is -0.284. The van der Waals surface area contributed by atoms with Crippen LogP contribution in [0.25, 0.3) is 55.4 Å². The van der Waals surface area contributed by atoms with E-state index in [1.165, 1.54) is 12.1 Å². The van der Waals surface area contributed by atoms with Crippen molar-refractivity contribution in [2.75, 3.05) is 73.0 Å². The topological polar surface area (TPSA) is 87.7 Å². The molecule has 2 fully saturated rings. The zero-order valence-corrected chi connectivity index (χ0v) is 39.9. The molecule has 2 aliphatic heterocycles. The number of halogens is 3. The van der Waals surface area contributed by atoms with Crippen molar-refractivity contribution in [3.05, 3.63) is 185 Å². The SMILES string of the molecule is Cc1c(-c2ccccc2F)nc2ccccc2c1Nc1cc(-c2ccncc2)ccc1N1CCOCC1.Cc1c(-c2ccccc2F)nc2ccccc2c1Nc1cc(Br)ccc1N1CCOCC1. The molecule has 0 atom stereocenters. The van der Waals surface area contributed by atoms with Gasteiger partial charge in [0.2, 0.25) is 0 Å². The first-order valence-corrected chi connectivity index (χ1v) is 23.9. The molecule has 2 saturated heterocycles. The average Bonchev–Trinajstić information content (AvgIpc) is 3.39. The fourth-order valence-electron chi connectivity index (χ4n) is 9.17. The van der Waals surface area contributed by atoms with E-state index in [1.54, 1.807) is 36.7 Å². The highest BCUT2D eigenvalue weighted by Gasteiger charge is 2.22. The van der Waals surface area contributed by atoms with Crippen molar-refractivity contribution in [1.82, 2.24) is 15.0 Å². The third kappa shape index (κ3) is 9.74. The number of nitrogens with zero attached hydrogens (tertiary/aromatic N) is 5. The molecule has 0 radical (unpaired) electrons. The summed E-state index contributed by atoms with van der Waals surface area (Å²) in [5.41, 5.74) is 13.9. The van der Waals surface area contributed by atoms with Gasteiger partial charge in [-0.15, -0.1) is 0 Å². The standard InChI is InChI=1S/C31H27FN4O.C26H23BrFN3O/c1-21-30(24-6-2-4-8-26(24)32)34-27-9-5-3-7-25(27)31(21)35-28-20-23(22-12-14-33-15-13-22)10-11-29(28)36-16-18-37-19-17-36;1-17-25(19-6-2-4-8-21(19)28)29-22-9-5-3-7-20(22)26(17)30-23-16-18(27)10-11-24(23)31-12-14-32-15-13-31/h2-15,20H,16-19H2,1H3,(H,34,35);2-11,16H,12-15H2,1H3,(H,29,30). The number of rotatable bonds is 9. The van der Waals surface area contributed by atoms with Crippen LogP contribution >= 0.6 is 15.9 Å². The zero-order valence-electron chi connectivity index (χ0n) is 38.4. The molecule has 0 bridgehead atoms. The Morgan fingerprint density at radius 3 is 1.46 bits per heavy atom. The summed E-state index contributed by atoms with van der Waals surface area (Å²) in [5.74, 6) is -0.561. The van der Waals surface area contributed by atoms with Crippen LogP contribution in [0.15, 0.2) is 162 Å². The van der Waals surface area contributed by atoms with E-state index in [4.69, 9.17) is 19.4 Å². The molecule has 5 heterocycles. The highest BCUT2D eigenvalue weighted by atomic mass is 79.9. The van der Waals surface area contributed by atoms with Crippen LogP contribution < -0.4 is 20.4 Å². The van der Waals surface area contributed by atoms with Crippen molar-refractivity contribution >= 4 is 71.9 Å². The summed E-state index contributed by atoms with van der Waals surface area (Å²) in [6.45, 7) is 10.1. The summed E-state index contributed by atoms with van der Waals surface area (Å²) in [5, 5.41) is 9.42. The molecule has 6 aromatic carbocycles. The van der Waals surface area contributed by atoms with Gasteiger partial charge < -0.3 is 29.9 Å². The van der Waals surface area contributed by atoms with Crippen molar-refractivity contribution in [2.45, 2.75) is 13.8 Å². The predicted molar refractivity (Wildman–Crippen MR) is 280 cm³/mol. The number of morpholine rings is 2. The number of para-hydroxylation sites is 2. The molecule has 0 spiro atoms. The third-order valence-electron chi connectivity index (χ3n) is 12.7. The van der Waals surface area contributed by atoms with E-state index < -0.39 is 0 Å². The van der Waals surface area contributed by atoms with Gasteiger partial charge in [-0.05, 0) is 115 Å². The first kappa shape index (κ1) is 45.5. The van der Waals surface area contributed by atoms with Gasteiger partial charge in [-0.25, -0.2) is 18.7 Å². The molecule has 11 rings (SSSR count). The van der Waals surface area contributed by atoms with E-state index in [0.717, 1.165) is 109 Å². The Bertz CT molecular complexity index is 3290. The van der Waals surface area contributed by atoms with Crippen molar-refractivity contribution in [3.63, 3.8) is 0 Å². The Labute approximate surface area is 408 Å². The number of hydrogen-bond acceptors (Lipinski definition) is 9. The number of benzene rings is 6. The summed E-state index contributed by atoms with van der Waals surface area (Å²) < 4.78 is 41.7. The third-order valence-corrected chi connectivity index (χ3v) is 13.2. The summed E-state index contributed by atoms with van der Waals surface area (Å²) in [4.78, 5) is 18.5. The van der Waals surface area contributed by atoms with Crippen LogP contribution in [0, 0.1) is 25.5 Å². The maximum atomic E-state index is 14.9. The van der Waals surface area contributed by atoms with Gasteiger partial charge in [0.1, 0.15) is 11.6 Å². The molecule has 0 saturated carbocycles. The van der Waals surface area contributed by atoms with Crippen LogP contribution in [0.4, 0.5) is 42.9 Å². The Morgan fingerprint density at radius 1 is 0.507 bits per heavy atom. The molecular formula is C57H50BrF2N7O2. The summed E-state index contributed by atoms with van der Waals surface area (Å²) in [6, 6.07) is 46.4. The summed E-state index contributed by atoms with van der Waals surface area (Å²) >= 11 is 3.62. The largest absolute Gasteiger partial charge is 0.378 e. The molecule has 2 N–H and O–H groups in total. The van der Waals surface area contributed by atoms with E-state index in [1.807, 2.05) is 74.5 Å². The highest BCUT2D eigenvalue weighted by molar-refractivity contribution is 9.10. The smallest absolute Gasteiger partial charge is 0.132 e. The van der Waals surface area contributed by atoms with E-state index in [2.05, 4.69) is 89.9 Å². The Morgan fingerprint density at radius 2 is 0.957 bits per heavy atom. The van der Waals surface area contributed by atoms with Crippen molar-refractivity contribution in [2.24, 2.45) is 0 Å². The lowest BCUT2D eigenvalue weighted by atomic mass is 10.00. The lowest BCUT2D eigenvalue weighted by Gasteiger charge is -2.31. The van der Waals surface area contributed by atoms with Crippen LogP contribution in [-0.4, -0.2) is 67.6 Å². The van der Waals surface area contributed by atoms with E-state index in [-0.39, 0.29) is 11.6 Å². The van der Waals surface area contributed by atoms with Crippen LogP contribution in [-0.2, 0) is 9.47 Å². The normalized spacial score (nSPS) is 13.8. The number of anilines is 6. The van der Waals surface area contributed by atoms with Gasteiger partial charge in [0.05, 0.1) is 83.0 Å². The van der Waals surface area contributed by atoms with Crippen molar-refractivity contribution < 1.29 is 18.3 Å². The lowest BCUT2D eigenvalue weighted by molar-refractivity contribution is 0.122. The Kier molecular flexibility index (Phi) is 13.6. The van der Waals surface area contributed by atoms with Gasteiger partial charge in [-0.2, -0.15) is 0 Å². The van der Waals surface area contributed by atoms with Crippen LogP contribution in [0.3, 0.4) is 0 Å². The molecule has 2 aliphatic rings.